The van der Waals surface area contributed by atoms with Gasteiger partial charge in [0.25, 0.3) is 0 Å². The molecule has 2 aromatic heterocycles. The van der Waals surface area contributed by atoms with Gasteiger partial charge in [0, 0.05) is 44.1 Å². The van der Waals surface area contributed by atoms with E-state index in [1.54, 1.807) is 11.1 Å². The molecule has 0 N–H and O–H groups in total. The standard InChI is InChI=1S/C15H17F3N4/c1-21-13(4-8-20-21)11-5-9-22(10-6-11)14-12(15(16,17)18)3-2-7-19-14/h2-4,7-8,11H,5-6,9-10H2,1H3. The minimum Gasteiger partial charge on any atom is -0.356 e. The second-order valence-electron chi connectivity index (χ2n) is 5.51. The number of hydrogen-bond donors (Lipinski definition) is 0. The number of pyridine rings is 1. The van der Waals surface area contributed by atoms with Gasteiger partial charge in [-0.3, -0.25) is 4.68 Å². The molecule has 0 aromatic carbocycles. The maximum atomic E-state index is 13.1. The maximum absolute atomic E-state index is 13.1. The van der Waals surface area contributed by atoms with Gasteiger partial charge in [-0.15, -0.1) is 0 Å². The van der Waals surface area contributed by atoms with Crippen LogP contribution in [0.15, 0.2) is 30.6 Å². The van der Waals surface area contributed by atoms with Crippen LogP contribution in [0.5, 0.6) is 0 Å². The molecule has 7 heteroatoms. The van der Waals surface area contributed by atoms with E-state index < -0.39 is 11.7 Å². The van der Waals surface area contributed by atoms with Gasteiger partial charge in [0.2, 0.25) is 0 Å². The summed E-state index contributed by atoms with van der Waals surface area (Å²) in [5.74, 6) is 0.375. The van der Waals surface area contributed by atoms with Crippen molar-refractivity contribution in [3.63, 3.8) is 0 Å². The average Bonchev–Trinajstić information content (AvgIpc) is 2.93. The van der Waals surface area contributed by atoms with Crippen molar-refractivity contribution in [3.8, 4) is 0 Å². The number of hydrogen-bond acceptors (Lipinski definition) is 3. The van der Waals surface area contributed by atoms with Crippen LogP contribution in [-0.2, 0) is 13.2 Å². The largest absolute Gasteiger partial charge is 0.419 e. The SMILES string of the molecule is Cn1nccc1C1CCN(c2ncccc2C(F)(F)F)CC1. The molecule has 4 nitrogen and oxygen atoms in total. The zero-order valence-corrected chi connectivity index (χ0v) is 12.2. The smallest absolute Gasteiger partial charge is 0.356 e. The van der Waals surface area contributed by atoms with Crippen LogP contribution in [0.25, 0.3) is 0 Å². The van der Waals surface area contributed by atoms with Gasteiger partial charge in [-0.05, 0) is 31.0 Å². The molecule has 1 fully saturated rings. The second kappa shape index (κ2) is 5.62. The average molecular weight is 310 g/mol. The molecule has 1 saturated heterocycles. The summed E-state index contributed by atoms with van der Waals surface area (Å²) in [4.78, 5) is 5.69. The summed E-state index contributed by atoms with van der Waals surface area (Å²) in [6, 6.07) is 4.40. The van der Waals surface area contributed by atoms with Crippen LogP contribution in [0.3, 0.4) is 0 Å². The molecule has 1 aliphatic rings. The Labute approximate surface area is 126 Å². The van der Waals surface area contributed by atoms with Crippen molar-refractivity contribution in [1.29, 1.82) is 0 Å². The lowest BCUT2D eigenvalue weighted by atomic mass is 9.93. The van der Waals surface area contributed by atoms with Crippen LogP contribution in [-0.4, -0.2) is 27.9 Å². The Morgan fingerprint density at radius 2 is 1.86 bits per heavy atom. The van der Waals surface area contributed by atoms with Gasteiger partial charge in [-0.1, -0.05) is 0 Å². The zero-order valence-electron chi connectivity index (χ0n) is 12.2. The number of aromatic nitrogens is 3. The molecular formula is C15H17F3N4. The van der Waals surface area contributed by atoms with Gasteiger partial charge in [0.1, 0.15) is 5.82 Å². The van der Waals surface area contributed by atoms with Crippen molar-refractivity contribution in [2.45, 2.75) is 24.9 Å². The van der Waals surface area contributed by atoms with Crippen molar-refractivity contribution < 1.29 is 13.2 Å². The molecule has 0 bridgehead atoms. The Balaban J connectivity index is 1.76. The molecule has 22 heavy (non-hydrogen) atoms. The highest BCUT2D eigenvalue weighted by Gasteiger charge is 2.36. The van der Waals surface area contributed by atoms with E-state index in [-0.39, 0.29) is 5.82 Å². The first-order valence-corrected chi connectivity index (χ1v) is 7.22. The van der Waals surface area contributed by atoms with Crippen molar-refractivity contribution in [2.75, 3.05) is 18.0 Å². The summed E-state index contributed by atoms with van der Waals surface area (Å²) in [5, 5.41) is 4.16. The van der Waals surface area contributed by atoms with Crippen LogP contribution in [0.1, 0.15) is 30.0 Å². The van der Waals surface area contributed by atoms with Crippen molar-refractivity contribution in [3.05, 3.63) is 41.9 Å². The van der Waals surface area contributed by atoms with Gasteiger partial charge < -0.3 is 4.90 Å². The summed E-state index contributed by atoms with van der Waals surface area (Å²) in [6.07, 6.45) is 0.392. The van der Waals surface area contributed by atoms with Gasteiger partial charge in [0.15, 0.2) is 0 Å². The number of anilines is 1. The third-order valence-electron chi connectivity index (χ3n) is 4.16. The van der Waals surface area contributed by atoms with E-state index in [9.17, 15) is 13.2 Å². The molecule has 0 spiro atoms. The molecule has 0 unspecified atom stereocenters. The third kappa shape index (κ3) is 2.80. The Morgan fingerprint density at radius 3 is 2.45 bits per heavy atom. The zero-order chi connectivity index (χ0) is 15.7. The maximum Gasteiger partial charge on any atom is 0.419 e. The third-order valence-corrected chi connectivity index (χ3v) is 4.16. The highest BCUT2D eigenvalue weighted by Crippen LogP contribution is 2.37. The van der Waals surface area contributed by atoms with E-state index >= 15 is 0 Å². The molecule has 0 atom stereocenters. The van der Waals surface area contributed by atoms with Crippen LogP contribution in [0.2, 0.25) is 0 Å². The first-order chi connectivity index (χ1) is 10.5. The van der Waals surface area contributed by atoms with Gasteiger partial charge >= 0.3 is 6.18 Å². The van der Waals surface area contributed by atoms with E-state index in [1.165, 1.54) is 12.3 Å². The molecule has 0 amide bonds. The molecular weight excluding hydrogens is 293 g/mol. The molecule has 3 rings (SSSR count). The van der Waals surface area contributed by atoms with Crippen molar-refractivity contribution in [2.24, 2.45) is 7.05 Å². The first-order valence-electron chi connectivity index (χ1n) is 7.22. The number of piperidine rings is 1. The Kier molecular flexibility index (Phi) is 3.80. The van der Waals surface area contributed by atoms with Gasteiger partial charge in [-0.25, -0.2) is 4.98 Å². The lowest BCUT2D eigenvalue weighted by Gasteiger charge is -2.34. The molecule has 3 heterocycles. The van der Waals surface area contributed by atoms with Crippen LogP contribution in [0, 0.1) is 0 Å². The molecule has 0 saturated carbocycles. The molecule has 0 radical (unpaired) electrons. The minimum atomic E-state index is -4.37. The van der Waals surface area contributed by atoms with Gasteiger partial charge in [-0.2, -0.15) is 18.3 Å². The quantitative estimate of drug-likeness (QED) is 0.854. The topological polar surface area (TPSA) is 34.0 Å². The minimum absolute atomic E-state index is 0.0402. The Morgan fingerprint density at radius 1 is 1.14 bits per heavy atom. The lowest BCUT2D eigenvalue weighted by Crippen LogP contribution is -2.35. The molecule has 118 valence electrons. The highest BCUT2D eigenvalue weighted by atomic mass is 19.4. The predicted octanol–water partition coefficient (Wildman–Crippen LogP) is 3.22. The van der Waals surface area contributed by atoms with Crippen LogP contribution < -0.4 is 4.90 Å². The van der Waals surface area contributed by atoms with Crippen LogP contribution >= 0.6 is 0 Å². The fraction of sp³-hybridized carbons (Fsp3) is 0.467. The normalized spacial score (nSPS) is 17.0. The van der Waals surface area contributed by atoms with E-state index in [1.807, 2.05) is 17.8 Å². The summed E-state index contributed by atoms with van der Waals surface area (Å²) < 4.78 is 41.1. The van der Waals surface area contributed by atoms with E-state index in [4.69, 9.17) is 0 Å². The van der Waals surface area contributed by atoms with Crippen LogP contribution in [0.4, 0.5) is 19.0 Å². The van der Waals surface area contributed by atoms with E-state index in [2.05, 4.69) is 10.1 Å². The Hall–Kier alpha value is -2.05. The number of halogens is 3. The molecule has 1 aliphatic heterocycles. The number of nitrogens with zero attached hydrogens (tertiary/aromatic N) is 4. The fourth-order valence-corrected chi connectivity index (χ4v) is 3.04. The molecule has 0 aliphatic carbocycles. The number of alkyl halides is 3. The Bertz CT molecular complexity index is 642. The summed E-state index contributed by atoms with van der Waals surface area (Å²) in [6.45, 7) is 1.13. The highest BCUT2D eigenvalue weighted by molar-refractivity contribution is 5.48. The predicted molar refractivity (Wildman–Crippen MR) is 76.6 cm³/mol. The van der Waals surface area contributed by atoms with Crippen molar-refractivity contribution >= 4 is 5.82 Å². The first kappa shape index (κ1) is 14.9. The summed E-state index contributed by atoms with van der Waals surface area (Å²) >= 11 is 0. The van der Waals surface area contributed by atoms with Gasteiger partial charge in [0.05, 0.1) is 5.56 Å². The number of aryl methyl sites for hydroxylation is 1. The second-order valence-corrected chi connectivity index (χ2v) is 5.51. The van der Waals surface area contributed by atoms with E-state index in [0.717, 1.165) is 24.6 Å². The molecule has 2 aromatic rings. The lowest BCUT2D eigenvalue weighted by molar-refractivity contribution is -0.137. The summed E-state index contributed by atoms with van der Waals surface area (Å²) in [5.41, 5.74) is 0.477. The fourth-order valence-electron chi connectivity index (χ4n) is 3.04. The monoisotopic (exact) mass is 310 g/mol. The summed E-state index contributed by atoms with van der Waals surface area (Å²) in [7, 11) is 1.89. The van der Waals surface area contributed by atoms with Crippen molar-refractivity contribution in [1.82, 2.24) is 14.8 Å². The number of rotatable bonds is 2. The van der Waals surface area contributed by atoms with E-state index in [0.29, 0.717) is 19.0 Å².